The van der Waals surface area contributed by atoms with Crippen LogP contribution in [-0.4, -0.2) is 23.4 Å². The molecule has 0 heterocycles. The third kappa shape index (κ3) is 4.47. The van der Waals surface area contributed by atoms with Gasteiger partial charge in [-0.15, -0.1) is 0 Å². The number of hydrogen-bond donors (Lipinski definition) is 2. The SMILES string of the molecule is CC(C)NCc1ccc(OCC2(O)CCCC2)c(Br)c1. The van der Waals surface area contributed by atoms with E-state index in [1.165, 1.54) is 5.56 Å². The molecule has 1 saturated carbocycles. The molecule has 1 fully saturated rings. The van der Waals surface area contributed by atoms with Gasteiger partial charge in [0, 0.05) is 12.6 Å². The minimum Gasteiger partial charge on any atom is -0.489 e. The van der Waals surface area contributed by atoms with Crippen LogP contribution in [0.5, 0.6) is 5.75 Å². The largest absolute Gasteiger partial charge is 0.489 e. The Bertz CT molecular complexity index is 442. The summed E-state index contributed by atoms with van der Waals surface area (Å²) in [6.07, 6.45) is 3.89. The van der Waals surface area contributed by atoms with Crippen molar-refractivity contribution in [3.05, 3.63) is 28.2 Å². The van der Waals surface area contributed by atoms with Gasteiger partial charge in [0.15, 0.2) is 0 Å². The van der Waals surface area contributed by atoms with Crippen molar-refractivity contribution in [3.63, 3.8) is 0 Å². The van der Waals surface area contributed by atoms with Gasteiger partial charge >= 0.3 is 0 Å². The lowest BCUT2D eigenvalue weighted by Crippen LogP contribution is -2.32. The predicted octanol–water partition coefficient (Wildman–Crippen LogP) is 3.63. The standard InChI is InChI=1S/C16H24BrNO2/c1-12(2)18-10-13-5-6-15(14(17)9-13)20-11-16(19)7-3-4-8-16/h5-6,9,12,18-19H,3-4,7-8,10-11H2,1-2H3. The Hall–Kier alpha value is -0.580. The van der Waals surface area contributed by atoms with E-state index in [1.807, 2.05) is 6.07 Å². The van der Waals surface area contributed by atoms with Crippen LogP contribution in [0.3, 0.4) is 0 Å². The molecule has 3 nitrogen and oxygen atoms in total. The summed E-state index contributed by atoms with van der Waals surface area (Å²) in [6.45, 7) is 5.50. The van der Waals surface area contributed by atoms with Gasteiger partial charge < -0.3 is 15.2 Å². The van der Waals surface area contributed by atoms with E-state index in [4.69, 9.17) is 4.74 Å². The Labute approximate surface area is 129 Å². The van der Waals surface area contributed by atoms with Gasteiger partial charge in [0.25, 0.3) is 0 Å². The first-order chi connectivity index (χ1) is 9.48. The molecule has 0 aromatic heterocycles. The second kappa shape index (κ2) is 6.92. The summed E-state index contributed by atoms with van der Waals surface area (Å²) in [5, 5.41) is 13.7. The molecule has 1 aliphatic carbocycles. The molecular weight excluding hydrogens is 318 g/mol. The van der Waals surface area contributed by atoms with Crippen molar-refractivity contribution in [1.82, 2.24) is 5.32 Å². The lowest BCUT2D eigenvalue weighted by atomic mass is 10.0. The van der Waals surface area contributed by atoms with E-state index in [0.717, 1.165) is 42.5 Å². The van der Waals surface area contributed by atoms with Crippen LogP contribution in [0.1, 0.15) is 45.1 Å². The van der Waals surface area contributed by atoms with E-state index >= 15 is 0 Å². The van der Waals surface area contributed by atoms with Crippen molar-refractivity contribution in [2.24, 2.45) is 0 Å². The molecule has 0 saturated heterocycles. The number of halogens is 1. The summed E-state index contributed by atoms with van der Waals surface area (Å²) < 4.78 is 6.73. The van der Waals surface area contributed by atoms with Crippen LogP contribution in [0.15, 0.2) is 22.7 Å². The fourth-order valence-corrected chi connectivity index (χ4v) is 3.02. The van der Waals surface area contributed by atoms with Gasteiger partial charge in [-0.05, 0) is 46.5 Å². The Morgan fingerprint density at radius 2 is 2.05 bits per heavy atom. The van der Waals surface area contributed by atoms with E-state index in [-0.39, 0.29) is 0 Å². The quantitative estimate of drug-likeness (QED) is 0.830. The van der Waals surface area contributed by atoms with Crippen LogP contribution >= 0.6 is 15.9 Å². The minimum atomic E-state index is -0.628. The molecule has 2 N–H and O–H groups in total. The third-order valence-electron chi connectivity index (χ3n) is 3.74. The molecule has 0 spiro atoms. The molecule has 0 aliphatic heterocycles. The molecule has 1 aliphatic rings. The highest BCUT2D eigenvalue weighted by molar-refractivity contribution is 9.10. The molecule has 1 aromatic rings. The maximum atomic E-state index is 10.3. The second-order valence-electron chi connectivity index (χ2n) is 6.02. The van der Waals surface area contributed by atoms with Gasteiger partial charge in [-0.1, -0.05) is 32.8 Å². The molecule has 0 unspecified atom stereocenters. The monoisotopic (exact) mass is 341 g/mol. The Balaban J connectivity index is 1.92. The van der Waals surface area contributed by atoms with Gasteiger partial charge in [0.05, 0.1) is 10.1 Å². The molecular formula is C16H24BrNO2. The van der Waals surface area contributed by atoms with Gasteiger partial charge in [-0.3, -0.25) is 0 Å². The van der Waals surface area contributed by atoms with Crippen LogP contribution in [0.25, 0.3) is 0 Å². The zero-order valence-corrected chi connectivity index (χ0v) is 13.9. The maximum Gasteiger partial charge on any atom is 0.133 e. The smallest absolute Gasteiger partial charge is 0.133 e. The predicted molar refractivity (Wildman–Crippen MR) is 85.0 cm³/mol. The number of benzene rings is 1. The van der Waals surface area contributed by atoms with Crippen molar-refractivity contribution in [2.45, 2.75) is 57.7 Å². The third-order valence-corrected chi connectivity index (χ3v) is 4.36. The number of ether oxygens (including phenoxy) is 1. The van der Waals surface area contributed by atoms with Crippen LogP contribution in [0.2, 0.25) is 0 Å². The number of hydrogen-bond acceptors (Lipinski definition) is 3. The van der Waals surface area contributed by atoms with Crippen molar-refractivity contribution in [3.8, 4) is 5.75 Å². The van der Waals surface area contributed by atoms with Crippen molar-refractivity contribution >= 4 is 15.9 Å². The topological polar surface area (TPSA) is 41.5 Å². The molecule has 0 amide bonds. The van der Waals surface area contributed by atoms with E-state index in [9.17, 15) is 5.11 Å². The molecule has 0 radical (unpaired) electrons. The van der Waals surface area contributed by atoms with Crippen LogP contribution in [0.4, 0.5) is 0 Å². The molecule has 112 valence electrons. The first-order valence-corrected chi connectivity index (χ1v) is 8.15. The Morgan fingerprint density at radius 1 is 1.35 bits per heavy atom. The fraction of sp³-hybridized carbons (Fsp3) is 0.625. The average Bonchev–Trinajstić information content (AvgIpc) is 2.82. The maximum absolute atomic E-state index is 10.3. The molecule has 4 heteroatoms. The van der Waals surface area contributed by atoms with Gasteiger partial charge in [0.1, 0.15) is 12.4 Å². The normalized spacial score (nSPS) is 17.6. The summed E-state index contributed by atoms with van der Waals surface area (Å²) >= 11 is 3.55. The van der Waals surface area contributed by atoms with Crippen LogP contribution < -0.4 is 10.1 Å². The van der Waals surface area contributed by atoms with E-state index in [0.29, 0.717) is 12.6 Å². The lowest BCUT2D eigenvalue weighted by molar-refractivity contribution is 0.00118. The van der Waals surface area contributed by atoms with Crippen LogP contribution in [-0.2, 0) is 6.54 Å². The summed E-state index contributed by atoms with van der Waals surface area (Å²) in [4.78, 5) is 0. The van der Waals surface area contributed by atoms with E-state index in [2.05, 4.69) is 47.2 Å². The number of aliphatic hydroxyl groups is 1. The fourth-order valence-electron chi connectivity index (χ4n) is 2.48. The second-order valence-corrected chi connectivity index (χ2v) is 6.87. The summed E-state index contributed by atoms with van der Waals surface area (Å²) in [5.41, 5.74) is 0.592. The molecule has 2 rings (SSSR count). The Morgan fingerprint density at radius 3 is 2.65 bits per heavy atom. The van der Waals surface area contributed by atoms with Crippen molar-refractivity contribution < 1.29 is 9.84 Å². The van der Waals surface area contributed by atoms with Gasteiger partial charge in [-0.2, -0.15) is 0 Å². The van der Waals surface area contributed by atoms with E-state index in [1.54, 1.807) is 0 Å². The van der Waals surface area contributed by atoms with Gasteiger partial charge in [0.2, 0.25) is 0 Å². The summed E-state index contributed by atoms with van der Waals surface area (Å²) in [6, 6.07) is 6.58. The molecule has 1 aromatic carbocycles. The Kier molecular flexibility index (Phi) is 5.47. The van der Waals surface area contributed by atoms with Crippen LogP contribution in [0, 0.1) is 0 Å². The average molecular weight is 342 g/mol. The first-order valence-electron chi connectivity index (χ1n) is 7.35. The summed E-state index contributed by atoms with van der Waals surface area (Å²) in [7, 11) is 0. The highest BCUT2D eigenvalue weighted by Crippen LogP contribution is 2.32. The molecule has 0 bridgehead atoms. The zero-order valence-electron chi connectivity index (χ0n) is 12.3. The zero-order chi connectivity index (χ0) is 14.6. The van der Waals surface area contributed by atoms with Crippen molar-refractivity contribution in [1.29, 1.82) is 0 Å². The number of rotatable bonds is 6. The lowest BCUT2D eigenvalue weighted by Gasteiger charge is -2.22. The van der Waals surface area contributed by atoms with E-state index < -0.39 is 5.60 Å². The van der Waals surface area contributed by atoms with Gasteiger partial charge in [-0.25, -0.2) is 0 Å². The number of nitrogens with one attached hydrogen (secondary N) is 1. The highest BCUT2D eigenvalue weighted by atomic mass is 79.9. The minimum absolute atomic E-state index is 0.384. The van der Waals surface area contributed by atoms with Crippen molar-refractivity contribution in [2.75, 3.05) is 6.61 Å². The molecule has 20 heavy (non-hydrogen) atoms. The summed E-state index contributed by atoms with van der Waals surface area (Å²) in [5.74, 6) is 0.804. The molecule has 0 atom stereocenters. The first kappa shape index (κ1) is 15.8. The highest BCUT2D eigenvalue weighted by Gasteiger charge is 2.32.